The molecule has 0 aromatic rings. The van der Waals surface area contributed by atoms with Gasteiger partial charge < -0.3 is 9.47 Å². The molecular formula is C7H12O4. The summed E-state index contributed by atoms with van der Waals surface area (Å²) in [6.07, 6.45) is -0.296. The van der Waals surface area contributed by atoms with Gasteiger partial charge in [-0.2, -0.15) is 0 Å². The van der Waals surface area contributed by atoms with Crippen molar-refractivity contribution in [3.8, 4) is 0 Å². The van der Waals surface area contributed by atoms with Crippen molar-refractivity contribution in [2.24, 2.45) is 0 Å². The first-order valence-corrected chi connectivity index (χ1v) is 3.30. The van der Waals surface area contributed by atoms with Gasteiger partial charge in [-0.25, -0.2) is 0 Å². The highest BCUT2D eigenvalue weighted by atomic mass is 16.6. The van der Waals surface area contributed by atoms with Crippen LogP contribution in [0.25, 0.3) is 0 Å². The van der Waals surface area contributed by atoms with Gasteiger partial charge in [-0.15, -0.1) is 0 Å². The molecule has 64 valence electrons. The third kappa shape index (κ3) is 5.39. The van der Waals surface area contributed by atoms with Gasteiger partial charge in [0.1, 0.15) is 6.10 Å². The molecule has 1 unspecified atom stereocenters. The predicted molar refractivity (Wildman–Crippen MR) is 37.9 cm³/mol. The SMILES string of the molecule is COC(=O)CC(C)OC(C)=O. The van der Waals surface area contributed by atoms with Crippen LogP contribution in [0.3, 0.4) is 0 Å². The molecule has 0 saturated carbocycles. The molecular weight excluding hydrogens is 148 g/mol. The van der Waals surface area contributed by atoms with E-state index in [1.807, 2.05) is 0 Å². The van der Waals surface area contributed by atoms with Gasteiger partial charge >= 0.3 is 11.9 Å². The van der Waals surface area contributed by atoms with Gasteiger partial charge in [-0.05, 0) is 6.92 Å². The monoisotopic (exact) mass is 160 g/mol. The number of methoxy groups -OCH3 is 1. The Morgan fingerprint density at radius 2 is 2.00 bits per heavy atom. The van der Waals surface area contributed by atoms with Crippen LogP contribution in [0.4, 0.5) is 0 Å². The summed E-state index contributed by atoms with van der Waals surface area (Å²) in [5, 5.41) is 0. The second-order valence-electron chi connectivity index (χ2n) is 2.20. The summed E-state index contributed by atoms with van der Waals surface area (Å²) in [5.74, 6) is -0.764. The van der Waals surface area contributed by atoms with E-state index in [1.165, 1.54) is 14.0 Å². The molecule has 0 fully saturated rings. The van der Waals surface area contributed by atoms with Crippen LogP contribution < -0.4 is 0 Å². The van der Waals surface area contributed by atoms with Gasteiger partial charge in [0.2, 0.25) is 0 Å². The Hall–Kier alpha value is -1.06. The average molecular weight is 160 g/mol. The Morgan fingerprint density at radius 3 is 2.36 bits per heavy atom. The molecule has 0 aliphatic heterocycles. The first kappa shape index (κ1) is 9.94. The quantitative estimate of drug-likeness (QED) is 0.564. The third-order valence-electron chi connectivity index (χ3n) is 1.05. The normalized spacial score (nSPS) is 11.9. The van der Waals surface area contributed by atoms with Crippen LogP contribution >= 0.6 is 0 Å². The molecule has 0 aromatic heterocycles. The number of carbonyl (C=O) groups is 2. The highest BCUT2D eigenvalue weighted by molar-refractivity contribution is 5.71. The van der Waals surface area contributed by atoms with E-state index < -0.39 is 6.10 Å². The Morgan fingerprint density at radius 1 is 1.45 bits per heavy atom. The number of ether oxygens (including phenoxy) is 2. The lowest BCUT2D eigenvalue weighted by Crippen LogP contribution is -2.17. The molecule has 0 rings (SSSR count). The maximum atomic E-state index is 10.6. The third-order valence-corrected chi connectivity index (χ3v) is 1.05. The van der Waals surface area contributed by atoms with Gasteiger partial charge in [0.15, 0.2) is 0 Å². The van der Waals surface area contributed by atoms with Crippen LogP contribution in [0.15, 0.2) is 0 Å². The first-order chi connectivity index (χ1) is 5.06. The molecule has 0 spiro atoms. The van der Waals surface area contributed by atoms with Crippen LogP contribution in [0.1, 0.15) is 20.3 Å². The van der Waals surface area contributed by atoms with Crippen molar-refractivity contribution in [3.05, 3.63) is 0 Å². The van der Waals surface area contributed by atoms with Gasteiger partial charge in [0.25, 0.3) is 0 Å². The Kier molecular flexibility index (Phi) is 4.26. The maximum Gasteiger partial charge on any atom is 0.309 e. The lowest BCUT2D eigenvalue weighted by Gasteiger charge is -2.09. The molecule has 1 atom stereocenters. The topological polar surface area (TPSA) is 52.6 Å². The van der Waals surface area contributed by atoms with Crippen molar-refractivity contribution in [1.82, 2.24) is 0 Å². The number of carbonyl (C=O) groups excluding carboxylic acids is 2. The molecule has 0 bridgehead atoms. The molecule has 0 N–H and O–H groups in total. The minimum absolute atomic E-state index is 0.107. The van der Waals surface area contributed by atoms with Crippen molar-refractivity contribution in [2.75, 3.05) is 7.11 Å². The lowest BCUT2D eigenvalue weighted by atomic mass is 10.3. The van der Waals surface area contributed by atoms with Gasteiger partial charge in [0.05, 0.1) is 13.5 Å². The van der Waals surface area contributed by atoms with E-state index in [-0.39, 0.29) is 18.4 Å². The van der Waals surface area contributed by atoms with Gasteiger partial charge in [-0.3, -0.25) is 9.59 Å². The van der Waals surface area contributed by atoms with E-state index in [9.17, 15) is 9.59 Å². The van der Waals surface area contributed by atoms with Gasteiger partial charge in [-0.1, -0.05) is 0 Å². The molecule has 0 radical (unpaired) electrons. The molecule has 0 amide bonds. The van der Waals surface area contributed by atoms with E-state index in [0.29, 0.717) is 0 Å². The summed E-state index contributed by atoms with van der Waals surface area (Å²) in [4.78, 5) is 20.9. The summed E-state index contributed by atoms with van der Waals surface area (Å²) in [7, 11) is 1.29. The molecule has 0 heterocycles. The fraction of sp³-hybridized carbons (Fsp3) is 0.714. The van der Waals surface area contributed by atoms with Crippen LogP contribution in [0.5, 0.6) is 0 Å². The zero-order valence-electron chi connectivity index (χ0n) is 6.92. The van der Waals surface area contributed by atoms with Crippen LogP contribution in [0, 0.1) is 0 Å². The minimum Gasteiger partial charge on any atom is -0.469 e. The number of rotatable bonds is 3. The zero-order chi connectivity index (χ0) is 8.85. The van der Waals surface area contributed by atoms with E-state index in [2.05, 4.69) is 9.47 Å². The molecule has 0 aliphatic rings. The fourth-order valence-corrected chi connectivity index (χ4v) is 0.643. The first-order valence-electron chi connectivity index (χ1n) is 3.30. The van der Waals surface area contributed by atoms with Crippen molar-refractivity contribution in [2.45, 2.75) is 26.4 Å². The lowest BCUT2D eigenvalue weighted by molar-refractivity contribution is -0.151. The van der Waals surface area contributed by atoms with Crippen molar-refractivity contribution in [1.29, 1.82) is 0 Å². The second-order valence-corrected chi connectivity index (χ2v) is 2.20. The summed E-state index contributed by atoms with van der Waals surface area (Å²) in [5.41, 5.74) is 0. The maximum absolute atomic E-state index is 10.6. The molecule has 0 saturated heterocycles. The molecule has 0 aliphatic carbocycles. The number of esters is 2. The van der Waals surface area contributed by atoms with Crippen LogP contribution in [-0.4, -0.2) is 25.2 Å². The van der Waals surface area contributed by atoms with Crippen LogP contribution in [0.2, 0.25) is 0 Å². The van der Waals surface area contributed by atoms with Crippen molar-refractivity contribution >= 4 is 11.9 Å². The highest BCUT2D eigenvalue weighted by Crippen LogP contribution is 1.98. The molecule has 11 heavy (non-hydrogen) atoms. The van der Waals surface area contributed by atoms with Gasteiger partial charge in [0, 0.05) is 6.92 Å². The van der Waals surface area contributed by atoms with E-state index in [1.54, 1.807) is 6.92 Å². The van der Waals surface area contributed by atoms with Crippen molar-refractivity contribution in [3.63, 3.8) is 0 Å². The summed E-state index contributed by atoms with van der Waals surface area (Å²) in [6.45, 7) is 2.94. The predicted octanol–water partition coefficient (Wildman–Crippen LogP) is 0.501. The summed E-state index contributed by atoms with van der Waals surface area (Å²) < 4.78 is 9.06. The minimum atomic E-state index is -0.403. The average Bonchev–Trinajstić information content (AvgIpc) is 1.85. The Bertz CT molecular complexity index is 153. The summed E-state index contributed by atoms with van der Waals surface area (Å²) in [6, 6.07) is 0. The van der Waals surface area contributed by atoms with E-state index >= 15 is 0 Å². The van der Waals surface area contributed by atoms with Crippen molar-refractivity contribution < 1.29 is 19.1 Å². The molecule has 4 nitrogen and oxygen atoms in total. The fourth-order valence-electron chi connectivity index (χ4n) is 0.643. The largest absolute Gasteiger partial charge is 0.469 e. The Labute approximate surface area is 65.5 Å². The number of hydrogen-bond acceptors (Lipinski definition) is 4. The highest BCUT2D eigenvalue weighted by Gasteiger charge is 2.10. The standard InChI is InChI=1S/C7H12O4/c1-5(11-6(2)8)4-7(9)10-3/h5H,4H2,1-3H3. The Balaban J connectivity index is 3.60. The summed E-state index contributed by atoms with van der Waals surface area (Å²) >= 11 is 0. The second kappa shape index (κ2) is 4.71. The smallest absolute Gasteiger partial charge is 0.309 e. The zero-order valence-corrected chi connectivity index (χ0v) is 6.92. The molecule has 4 heteroatoms. The van der Waals surface area contributed by atoms with E-state index in [4.69, 9.17) is 0 Å². The molecule has 0 aromatic carbocycles. The van der Waals surface area contributed by atoms with Crippen LogP contribution in [-0.2, 0) is 19.1 Å². The number of hydrogen-bond donors (Lipinski definition) is 0. The van der Waals surface area contributed by atoms with E-state index in [0.717, 1.165) is 0 Å².